The van der Waals surface area contributed by atoms with Crippen LogP contribution in [0.15, 0.2) is 53.5 Å². The van der Waals surface area contributed by atoms with Crippen molar-refractivity contribution in [2.24, 2.45) is 4.99 Å². The third-order valence-corrected chi connectivity index (χ3v) is 5.40. The van der Waals surface area contributed by atoms with Crippen LogP contribution in [0.4, 0.5) is 5.69 Å². The molecule has 1 aliphatic heterocycles. The fourth-order valence-electron chi connectivity index (χ4n) is 3.58. The van der Waals surface area contributed by atoms with E-state index in [1.807, 2.05) is 30.3 Å². The van der Waals surface area contributed by atoms with Crippen molar-refractivity contribution in [2.45, 2.75) is 31.6 Å². The van der Waals surface area contributed by atoms with Gasteiger partial charge >= 0.3 is 0 Å². The molecule has 162 valence electrons. The van der Waals surface area contributed by atoms with Gasteiger partial charge in [0.25, 0.3) is 0 Å². The van der Waals surface area contributed by atoms with Crippen molar-refractivity contribution < 1.29 is 9.53 Å². The van der Waals surface area contributed by atoms with E-state index in [9.17, 15) is 4.79 Å². The Morgan fingerprint density at radius 1 is 1.20 bits per heavy atom. The van der Waals surface area contributed by atoms with Crippen molar-refractivity contribution in [3.05, 3.63) is 59.7 Å². The second-order valence-electron chi connectivity index (χ2n) is 7.96. The first-order valence-corrected chi connectivity index (χ1v) is 9.91. The van der Waals surface area contributed by atoms with Gasteiger partial charge in [-0.3, -0.25) is 9.79 Å². The summed E-state index contributed by atoms with van der Waals surface area (Å²) in [5.74, 6) is 1.75. The average molecular weight is 522 g/mol. The summed E-state index contributed by atoms with van der Waals surface area (Å²) in [6, 6.07) is 16.1. The van der Waals surface area contributed by atoms with Gasteiger partial charge in [-0.05, 0) is 29.3 Å². The highest BCUT2D eigenvalue weighted by Gasteiger charge is 2.25. The fourth-order valence-corrected chi connectivity index (χ4v) is 3.58. The van der Waals surface area contributed by atoms with Crippen LogP contribution < -0.4 is 20.7 Å². The number of benzene rings is 2. The zero-order chi connectivity index (χ0) is 20.9. The van der Waals surface area contributed by atoms with Crippen LogP contribution in [0.1, 0.15) is 37.3 Å². The molecule has 1 unspecified atom stereocenters. The van der Waals surface area contributed by atoms with Crippen molar-refractivity contribution in [3.8, 4) is 5.75 Å². The zero-order valence-electron chi connectivity index (χ0n) is 18.0. The highest BCUT2D eigenvalue weighted by Crippen LogP contribution is 2.31. The van der Waals surface area contributed by atoms with Gasteiger partial charge in [0.1, 0.15) is 5.75 Å². The number of ether oxygens (including phenoxy) is 1. The molecule has 2 aromatic carbocycles. The van der Waals surface area contributed by atoms with Gasteiger partial charge in [-0.2, -0.15) is 0 Å². The zero-order valence-corrected chi connectivity index (χ0v) is 20.3. The average Bonchev–Trinajstić information content (AvgIpc) is 2.73. The standard InChI is InChI=1S/C23H30N4O2.HI/c1-23(2,17-8-7-9-18(13-17)29-4)15-26-22(24-3)25-14-16-12-21(28)27-20-11-6-5-10-19(16)20;/h5-11,13,16H,12,14-15H2,1-4H3,(H,27,28)(H2,24,25,26);1H. The lowest BCUT2D eigenvalue weighted by Crippen LogP contribution is -2.45. The second-order valence-corrected chi connectivity index (χ2v) is 7.96. The molecule has 0 saturated carbocycles. The molecule has 1 amide bonds. The largest absolute Gasteiger partial charge is 0.497 e. The second kappa shape index (κ2) is 10.7. The van der Waals surface area contributed by atoms with Crippen molar-refractivity contribution in [2.75, 3.05) is 32.6 Å². The predicted octanol–water partition coefficient (Wildman–Crippen LogP) is 3.88. The first kappa shape index (κ1) is 24.0. The Bertz CT molecular complexity index is 898. The summed E-state index contributed by atoms with van der Waals surface area (Å²) in [5, 5.41) is 9.74. The highest BCUT2D eigenvalue weighted by molar-refractivity contribution is 14.0. The monoisotopic (exact) mass is 522 g/mol. The third-order valence-electron chi connectivity index (χ3n) is 5.40. The van der Waals surface area contributed by atoms with E-state index in [0.717, 1.165) is 23.0 Å². The van der Waals surface area contributed by atoms with Crippen LogP contribution >= 0.6 is 24.0 Å². The number of methoxy groups -OCH3 is 1. The molecule has 1 aliphatic rings. The third kappa shape index (κ3) is 5.87. The normalized spacial score (nSPS) is 16.1. The molecule has 2 aromatic rings. The maximum absolute atomic E-state index is 12.0. The molecule has 1 heterocycles. The molecule has 0 saturated heterocycles. The molecule has 7 heteroatoms. The van der Waals surface area contributed by atoms with Gasteiger partial charge in [0.2, 0.25) is 5.91 Å². The molecule has 1 atom stereocenters. The minimum atomic E-state index is -0.108. The number of nitrogens with one attached hydrogen (secondary N) is 3. The topological polar surface area (TPSA) is 74.8 Å². The van der Waals surface area contributed by atoms with Crippen LogP contribution in [0.3, 0.4) is 0 Å². The number of para-hydroxylation sites is 1. The maximum atomic E-state index is 12.0. The van der Waals surface area contributed by atoms with E-state index in [4.69, 9.17) is 4.74 Å². The predicted molar refractivity (Wildman–Crippen MR) is 133 cm³/mol. The summed E-state index contributed by atoms with van der Waals surface area (Å²) < 4.78 is 5.35. The summed E-state index contributed by atoms with van der Waals surface area (Å²) in [5.41, 5.74) is 3.14. The molecule has 0 bridgehead atoms. The van der Waals surface area contributed by atoms with Crippen LogP contribution in [0, 0.1) is 0 Å². The Labute approximate surface area is 195 Å². The molecule has 30 heavy (non-hydrogen) atoms. The number of nitrogens with zero attached hydrogens (tertiary/aromatic N) is 1. The molecule has 0 aliphatic carbocycles. The minimum Gasteiger partial charge on any atom is -0.497 e. The van der Waals surface area contributed by atoms with E-state index in [0.29, 0.717) is 19.5 Å². The van der Waals surface area contributed by atoms with Gasteiger partial charge in [-0.1, -0.05) is 44.2 Å². The van der Waals surface area contributed by atoms with Crippen LogP contribution in [-0.4, -0.2) is 39.1 Å². The van der Waals surface area contributed by atoms with Crippen molar-refractivity contribution in [1.82, 2.24) is 10.6 Å². The van der Waals surface area contributed by atoms with Crippen molar-refractivity contribution in [1.29, 1.82) is 0 Å². The molecule has 0 spiro atoms. The summed E-state index contributed by atoms with van der Waals surface area (Å²) in [6.45, 7) is 5.72. The van der Waals surface area contributed by atoms with E-state index < -0.39 is 0 Å². The lowest BCUT2D eigenvalue weighted by molar-refractivity contribution is -0.116. The van der Waals surface area contributed by atoms with Gasteiger partial charge in [0.15, 0.2) is 5.96 Å². The van der Waals surface area contributed by atoms with Crippen molar-refractivity contribution in [3.63, 3.8) is 0 Å². The van der Waals surface area contributed by atoms with Crippen molar-refractivity contribution >= 4 is 41.5 Å². The Morgan fingerprint density at radius 2 is 1.97 bits per heavy atom. The fraction of sp³-hybridized carbons (Fsp3) is 0.391. The molecule has 6 nitrogen and oxygen atoms in total. The number of amides is 1. The van der Waals surface area contributed by atoms with E-state index in [2.05, 4.69) is 53.0 Å². The highest BCUT2D eigenvalue weighted by atomic mass is 127. The summed E-state index contributed by atoms with van der Waals surface area (Å²) in [6.07, 6.45) is 0.469. The van der Waals surface area contributed by atoms with E-state index in [-0.39, 0.29) is 41.2 Å². The Kier molecular flexibility index (Phi) is 8.52. The Morgan fingerprint density at radius 3 is 2.70 bits per heavy atom. The number of carbonyl (C=O) groups excluding carboxylic acids is 1. The SMILES string of the molecule is CN=C(NCC1CC(=O)Nc2ccccc21)NCC(C)(C)c1cccc(OC)c1.I. The number of hydrogen-bond acceptors (Lipinski definition) is 3. The van der Waals surface area contributed by atoms with Crippen LogP contribution in [0.2, 0.25) is 0 Å². The molecule has 3 rings (SSSR count). The summed E-state index contributed by atoms with van der Waals surface area (Å²) in [4.78, 5) is 16.4. The number of guanidine groups is 1. The van der Waals surface area contributed by atoms with E-state index >= 15 is 0 Å². The number of carbonyl (C=O) groups is 1. The van der Waals surface area contributed by atoms with Gasteiger partial charge in [0.05, 0.1) is 7.11 Å². The number of fused-ring (bicyclic) bond motifs is 1. The Balaban J connectivity index is 0.00000320. The van der Waals surface area contributed by atoms with E-state index in [1.165, 1.54) is 5.56 Å². The number of rotatable bonds is 6. The lowest BCUT2D eigenvalue weighted by atomic mass is 9.84. The molecule has 0 radical (unpaired) electrons. The number of aliphatic imine (C=N–C) groups is 1. The maximum Gasteiger partial charge on any atom is 0.225 e. The molecular weight excluding hydrogens is 491 g/mol. The van der Waals surface area contributed by atoms with E-state index in [1.54, 1.807) is 14.2 Å². The quantitative estimate of drug-likeness (QED) is 0.306. The van der Waals surface area contributed by atoms with Crippen LogP contribution in [0.25, 0.3) is 0 Å². The number of anilines is 1. The van der Waals surface area contributed by atoms with Gasteiger partial charge in [0, 0.05) is 43.6 Å². The van der Waals surface area contributed by atoms with Crippen LogP contribution in [-0.2, 0) is 10.2 Å². The van der Waals surface area contributed by atoms with Gasteiger partial charge in [-0.25, -0.2) is 0 Å². The van der Waals surface area contributed by atoms with Gasteiger partial charge in [-0.15, -0.1) is 24.0 Å². The first-order chi connectivity index (χ1) is 13.9. The number of hydrogen-bond donors (Lipinski definition) is 3. The number of halogens is 1. The molecule has 3 N–H and O–H groups in total. The lowest BCUT2D eigenvalue weighted by Gasteiger charge is -2.29. The van der Waals surface area contributed by atoms with Crippen LogP contribution in [0.5, 0.6) is 5.75 Å². The van der Waals surface area contributed by atoms with Gasteiger partial charge < -0.3 is 20.7 Å². The molecule has 0 fully saturated rings. The molecular formula is C23H31IN4O2. The minimum absolute atomic E-state index is 0. The Hall–Kier alpha value is -2.29. The smallest absolute Gasteiger partial charge is 0.225 e. The summed E-state index contributed by atoms with van der Waals surface area (Å²) in [7, 11) is 3.44. The summed E-state index contributed by atoms with van der Waals surface area (Å²) >= 11 is 0. The first-order valence-electron chi connectivity index (χ1n) is 9.91. The molecule has 0 aromatic heterocycles.